The van der Waals surface area contributed by atoms with Gasteiger partial charge in [0.05, 0.1) is 35.4 Å². The van der Waals surface area contributed by atoms with E-state index >= 15 is 8.78 Å². The zero-order valence-corrected chi connectivity index (χ0v) is 23.7. The Labute approximate surface area is 238 Å². The van der Waals surface area contributed by atoms with E-state index in [1.807, 2.05) is 17.9 Å². The van der Waals surface area contributed by atoms with Crippen LogP contribution in [-0.2, 0) is 22.7 Å². The highest BCUT2D eigenvalue weighted by Gasteiger charge is 2.33. The Bertz CT molecular complexity index is 1780. The molecule has 1 fully saturated rings. The third kappa shape index (κ3) is 4.52. The molecule has 3 aromatic heterocycles. The molecule has 1 aromatic carbocycles. The van der Waals surface area contributed by atoms with Gasteiger partial charge >= 0.3 is 6.09 Å². The van der Waals surface area contributed by atoms with Crippen molar-refractivity contribution in [2.24, 2.45) is 5.73 Å². The highest BCUT2D eigenvalue weighted by atomic mass is 32.1. The lowest BCUT2D eigenvalue weighted by molar-refractivity contribution is 0.0636. The van der Waals surface area contributed by atoms with Crippen LogP contribution in [0.2, 0.25) is 0 Å². The van der Waals surface area contributed by atoms with E-state index in [2.05, 4.69) is 20.3 Å². The molecule has 1 saturated heterocycles. The molecule has 4 aromatic rings. The van der Waals surface area contributed by atoms with Crippen LogP contribution in [0.5, 0.6) is 0 Å². The smallest absolute Gasteiger partial charge is 0.412 e. The second-order valence-corrected chi connectivity index (χ2v) is 12.2. The minimum Gasteiger partial charge on any atom is -0.444 e. The van der Waals surface area contributed by atoms with Crippen LogP contribution in [0.4, 0.5) is 24.5 Å². The first-order valence-electron chi connectivity index (χ1n) is 13.1. The topological polar surface area (TPSA) is 139 Å². The molecule has 0 saturated carbocycles. The number of anilines is 2. The first kappa shape index (κ1) is 27.2. The van der Waals surface area contributed by atoms with Crippen molar-refractivity contribution in [1.29, 1.82) is 5.26 Å². The van der Waals surface area contributed by atoms with Gasteiger partial charge in [0.2, 0.25) is 5.95 Å². The number of fused-ring (bicyclic) bond motifs is 4. The average molecular weight is 580 g/mol. The van der Waals surface area contributed by atoms with E-state index in [4.69, 9.17) is 15.2 Å². The number of carbonyl (C=O) groups is 1. The predicted octanol–water partition coefficient (Wildman–Crippen LogP) is 5.36. The number of hydrogen-bond acceptors (Lipinski definition) is 10. The van der Waals surface area contributed by atoms with Crippen LogP contribution in [0.25, 0.3) is 32.2 Å². The number of nitrogens with one attached hydrogen (secondary N) is 1. The molecule has 3 N–H and O–H groups in total. The monoisotopic (exact) mass is 579 g/mol. The zero-order chi connectivity index (χ0) is 29.2. The molecule has 212 valence electrons. The maximum Gasteiger partial charge on any atom is 0.412 e. The SMILES string of the molecule is C[C@H]1[C@@H](N)CCN1c1ncc2c3c(c(-c4ncc(F)c5sc(NC(=O)OC(C)(C)C)c(C#N)c45)c(F)c2n1)COC3. The summed E-state index contributed by atoms with van der Waals surface area (Å²) in [5, 5.41) is 13.3. The third-order valence-electron chi connectivity index (χ3n) is 7.39. The number of hydrogen-bond donors (Lipinski definition) is 2. The number of ether oxygens (including phenoxy) is 2. The van der Waals surface area contributed by atoms with Crippen molar-refractivity contribution in [1.82, 2.24) is 15.0 Å². The van der Waals surface area contributed by atoms with Gasteiger partial charge in [-0.05, 0) is 45.2 Å². The molecule has 0 unspecified atom stereocenters. The van der Waals surface area contributed by atoms with Gasteiger partial charge in [-0.15, -0.1) is 11.3 Å². The van der Waals surface area contributed by atoms with Crippen LogP contribution in [0.3, 0.4) is 0 Å². The second-order valence-electron chi connectivity index (χ2n) is 11.2. The normalized spacial score (nSPS) is 18.6. The fourth-order valence-corrected chi connectivity index (χ4v) is 6.43. The van der Waals surface area contributed by atoms with Crippen molar-refractivity contribution in [3.8, 4) is 17.3 Å². The maximum absolute atomic E-state index is 16.6. The van der Waals surface area contributed by atoms with Gasteiger partial charge in [-0.3, -0.25) is 10.3 Å². The molecule has 2 aliphatic heterocycles. The molecule has 0 aliphatic carbocycles. The molecule has 6 rings (SSSR count). The molecular formula is C28H27F2N7O3S. The number of benzene rings is 1. The van der Waals surface area contributed by atoms with Gasteiger partial charge in [0.25, 0.3) is 0 Å². The molecule has 0 spiro atoms. The predicted molar refractivity (Wildman–Crippen MR) is 151 cm³/mol. The van der Waals surface area contributed by atoms with Gasteiger partial charge in [-0.25, -0.2) is 23.5 Å². The number of halogens is 2. The lowest BCUT2D eigenvalue weighted by Crippen LogP contribution is -2.37. The summed E-state index contributed by atoms with van der Waals surface area (Å²) in [5.41, 5.74) is 6.78. The molecule has 0 bridgehead atoms. The molecule has 2 atom stereocenters. The standard InChI is InChI=1S/C28H27F2N7O3S/c1-12-18(32)5-6-37(12)26-34-8-14-15-10-39-11-16(15)19(21(30)22(14)35-26)23-20-13(7-31)25(36-27(38)40-28(2,3)4)41-24(20)17(29)9-33-23/h8-9,12,18H,5-6,10-11,32H2,1-4H3,(H,36,38)/t12-,18-/m0/s1. The van der Waals surface area contributed by atoms with Gasteiger partial charge < -0.3 is 20.1 Å². The van der Waals surface area contributed by atoms with E-state index in [-0.39, 0.29) is 62.7 Å². The van der Waals surface area contributed by atoms with Gasteiger partial charge in [0.1, 0.15) is 22.2 Å². The van der Waals surface area contributed by atoms with E-state index in [0.29, 0.717) is 29.0 Å². The highest BCUT2D eigenvalue weighted by Crippen LogP contribution is 2.46. The number of rotatable bonds is 3. The second kappa shape index (κ2) is 9.83. The van der Waals surface area contributed by atoms with Crippen LogP contribution >= 0.6 is 11.3 Å². The summed E-state index contributed by atoms with van der Waals surface area (Å²) in [6.45, 7) is 8.01. The maximum atomic E-state index is 16.6. The Morgan fingerprint density at radius 3 is 2.71 bits per heavy atom. The van der Waals surface area contributed by atoms with Crippen LogP contribution in [0, 0.1) is 23.0 Å². The number of nitrogens with zero attached hydrogens (tertiary/aromatic N) is 5. The van der Waals surface area contributed by atoms with Crippen LogP contribution in [-0.4, -0.2) is 45.3 Å². The van der Waals surface area contributed by atoms with E-state index in [1.165, 1.54) is 0 Å². The molecule has 5 heterocycles. The number of nitrogens with two attached hydrogens (primary N) is 1. The van der Waals surface area contributed by atoms with Crippen LogP contribution in [0.1, 0.15) is 50.8 Å². The minimum atomic E-state index is -0.804. The Kier molecular flexibility index (Phi) is 6.52. The van der Waals surface area contributed by atoms with E-state index < -0.39 is 23.3 Å². The number of pyridine rings is 1. The van der Waals surface area contributed by atoms with Gasteiger partial charge in [0, 0.05) is 41.2 Å². The molecule has 41 heavy (non-hydrogen) atoms. The van der Waals surface area contributed by atoms with Gasteiger partial charge in [-0.2, -0.15) is 5.26 Å². The van der Waals surface area contributed by atoms with Crippen molar-refractivity contribution in [3.63, 3.8) is 0 Å². The molecule has 13 heteroatoms. The quantitative estimate of drug-likeness (QED) is 0.328. The summed E-state index contributed by atoms with van der Waals surface area (Å²) in [5.74, 6) is -1.03. The zero-order valence-electron chi connectivity index (χ0n) is 22.8. The van der Waals surface area contributed by atoms with Crippen molar-refractivity contribution in [2.45, 2.75) is 65.0 Å². The van der Waals surface area contributed by atoms with Crippen molar-refractivity contribution in [3.05, 3.63) is 40.7 Å². The number of carbonyl (C=O) groups excluding carboxylic acids is 1. The van der Waals surface area contributed by atoms with Crippen LogP contribution in [0.15, 0.2) is 12.4 Å². The van der Waals surface area contributed by atoms with Crippen molar-refractivity contribution < 1.29 is 23.0 Å². The number of nitriles is 1. The fraction of sp³-hybridized carbons (Fsp3) is 0.393. The highest BCUT2D eigenvalue weighted by molar-refractivity contribution is 7.23. The largest absolute Gasteiger partial charge is 0.444 e. The Morgan fingerprint density at radius 2 is 2.02 bits per heavy atom. The molecule has 10 nitrogen and oxygen atoms in total. The summed E-state index contributed by atoms with van der Waals surface area (Å²) < 4.78 is 42.8. The first-order valence-corrected chi connectivity index (χ1v) is 13.9. The van der Waals surface area contributed by atoms with Crippen molar-refractivity contribution in [2.75, 3.05) is 16.8 Å². The van der Waals surface area contributed by atoms with E-state index in [0.717, 1.165) is 24.0 Å². The van der Waals surface area contributed by atoms with Crippen LogP contribution < -0.4 is 16.0 Å². The third-order valence-corrected chi connectivity index (χ3v) is 8.50. The summed E-state index contributed by atoms with van der Waals surface area (Å²) in [6, 6.07) is 1.97. The number of amides is 1. The number of thiophene rings is 1. The van der Waals surface area contributed by atoms with E-state index in [1.54, 1.807) is 27.0 Å². The van der Waals surface area contributed by atoms with Gasteiger partial charge in [-0.1, -0.05) is 0 Å². The Morgan fingerprint density at radius 1 is 1.27 bits per heavy atom. The van der Waals surface area contributed by atoms with E-state index in [9.17, 15) is 10.1 Å². The lowest BCUT2D eigenvalue weighted by atomic mass is 9.94. The fourth-order valence-electron chi connectivity index (χ4n) is 5.39. The molecule has 0 radical (unpaired) electrons. The average Bonchev–Trinajstić information content (AvgIpc) is 3.62. The summed E-state index contributed by atoms with van der Waals surface area (Å²) in [4.78, 5) is 27.9. The Balaban J connectivity index is 1.56. The lowest BCUT2D eigenvalue weighted by Gasteiger charge is -2.23. The summed E-state index contributed by atoms with van der Waals surface area (Å²) >= 11 is 0.853. The summed E-state index contributed by atoms with van der Waals surface area (Å²) in [7, 11) is 0. The minimum absolute atomic E-state index is 0.0222. The molecule has 2 aliphatic rings. The Hall–Kier alpha value is -3.99. The molecular weight excluding hydrogens is 552 g/mol. The first-order chi connectivity index (χ1) is 19.5. The number of aromatic nitrogens is 3. The van der Waals surface area contributed by atoms with Gasteiger partial charge in [0.15, 0.2) is 11.6 Å². The van der Waals surface area contributed by atoms with Crippen molar-refractivity contribution >= 4 is 49.4 Å². The summed E-state index contributed by atoms with van der Waals surface area (Å²) in [6.07, 6.45) is 2.54. The molecule has 1 amide bonds.